The van der Waals surface area contributed by atoms with Gasteiger partial charge in [-0.05, 0) is 12.5 Å². The van der Waals surface area contributed by atoms with Crippen LogP contribution in [-0.2, 0) is 31.9 Å². The number of aliphatic hydroxyl groups is 1. The number of alkyl carbamates (subject to hydrolysis) is 1. The molecule has 1 amide bonds. The fourth-order valence-corrected chi connectivity index (χ4v) is 6.72. The van der Waals surface area contributed by atoms with Crippen LogP contribution in [0.5, 0.6) is 11.5 Å². The minimum absolute atomic E-state index is 0.00764. The number of carbonyl (C=O) groups is 3. The summed E-state index contributed by atoms with van der Waals surface area (Å²) in [7, 11) is 1.53. The van der Waals surface area contributed by atoms with Gasteiger partial charge in [-0.15, -0.1) is 0 Å². The number of phenols is 2. The third-order valence-electron chi connectivity index (χ3n) is 8.91. The van der Waals surface area contributed by atoms with E-state index in [9.17, 15) is 29.7 Å². The van der Waals surface area contributed by atoms with E-state index >= 15 is 0 Å². The van der Waals surface area contributed by atoms with Crippen LogP contribution in [0.2, 0.25) is 0 Å². The lowest BCUT2D eigenvalue weighted by Gasteiger charge is -2.43. The lowest BCUT2D eigenvalue weighted by atomic mass is 9.73. The number of amides is 1. The maximum absolute atomic E-state index is 13.6. The van der Waals surface area contributed by atoms with E-state index in [1.54, 1.807) is 19.1 Å². The fourth-order valence-electron chi connectivity index (χ4n) is 6.72. The molecule has 1 heterocycles. The third kappa shape index (κ3) is 5.74. The Kier molecular flexibility index (Phi) is 8.57. The molecule has 6 N–H and O–H groups in total. The number of ketones is 2. The van der Waals surface area contributed by atoms with Gasteiger partial charge >= 0.3 is 6.09 Å². The molecule has 0 unspecified atom stereocenters. The van der Waals surface area contributed by atoms with Gasteiger partial charge in [-0.2, -0.15) is 0 Å². The highest BCUT2D eigenvalue weighted by atomic mass is 16.7. The first-order chi connectivity index (χ1) is 22.0. The molecule has 3 aromatic rings. The van der Waals surface area contributed by atoms with Crippen LogP contribution < -0.4 is 11.1 Å². The van der Waals surface area contributed by atoms with Crippen LogP contribution in [0.15, 0.2) is 54.6 Å². The van der Waals surface area contributed by atoms with Crippen LogP contribution >= 0.6 is 0 Å². The molecule has 46 heavy (non-hydrogen) atoms. The lowest BCUT2D eigenvalue weighted by Crippen LogP contribution is -2.53. The van der Waals surface area contributed by atoms with Gasteiger partial charge in [0.25, 0.3) is 0 Å². The van der Waals surface area contributed by atoms with Crippen molar-refractivity contribution in [2.75, 3.05) is 13.7 Å². The summed E-state index contributed by atoms with van der Waals surface area (Å²) < 4.78 is 23.2. The Bertz CT molecular complexity index is 1670. The van der Waals surface area contributed by atoms with Gasteiger partial charge in [-0.25, -0.2) is 4.79 Å². The van der Waals surface area contributed by atoms with E-state index in [-0.39, 0.29) is 59.2 Å². The zero-order valence-corrected chi connectivity index (χ0v) is 25.4. The molecule has 0 aromatic heterocycles. The van der Waals surface area contributed by atoms with E-state index in [2.05, 4.69) is 5.32 Å². The topological polar surface area (TPSA) is 187 Å². The summed E-state index contributed by atoms with van der Waals surface area (Å²) in [6.07, 6.45) is -4.05. The molecule has 3 aromatic carbocycles. The second-order valence-corrected chi connectivity index (χ2v) is 12.1. The summed E-state index contributed by atoms with van der Waals surface area (Å²) in [5, 5.41) is 37.7. The molecule has 12 heteroatoms. The first-order valence-corrected chi connectivity index (χ1v) is 15.1. The van der Waals surface area contributed by atoms with E-state index in [1.807, 2.05) is 30.3 Å². The highest BCUT2D eigenvalue weighted by Crippen LogP contribution is 2.52. The fraction of sp³-hybridized carbons (Fsp3) is 0.382. The number of ether oxygens (including phenoxy) is 4. The number of methoxy groups -OCH3 is 1. The third-order valence-corrected chi connectivity index (χ3v) is 8.91. The average molecular weight is 633 g/mol. The average Bonchev–Trinajstić information content (AvgIpc) is 3.03. The molecule has 0 spiro atoms. The molecule has 2 aliphatic carbocycles. The van der Waals surface area contributed by atoms with Crippen molar-refractivity contribution in [1.82, 2.24) is 5.32 Å². The molecular formula is C34H36N2O10. The molecule has 242 valence electrons. The number of aromatic hydroxyl groups is 2. The van der Waals surface area contributed by atoms with Crippen molar-refractivity contribution >= 4 is 17.7 Å². The van der Waals surface area contributed by atoms with Gasteiger partial charge in [0.05, 0.1) is 29.4 Å². The molecule has 1 aliphatic heterocycles. The van der Waals surface area contributed by atoms with Crippen molar-refractivity contribution in [1.29, 1.82) is 0 Å². The van der Waals surface area contributed by atoms with E-state index in [4.69, 9.17) is 24.7 Å². The van der Waals surface area contributed by atoms with Crippen molar-refractivity contribution in [3.05, 3.63) is 93.5 Å². The molecule has 0 saturated carbocycles. The molecule has 3 aliphatic rings. The van der Waals surface area contributed by atoms with Gasteiger partial charge in [0.2, 0.25) is 0 Å². The van der Waals surface area contributed by atoms with Gasteiger partial charge in [0.15, 0.2) is 17.9 Å². The standard InChI is InChI=1S/C34H36N2O10/c1-17-32(43-2)22(35)12-24(45-17)46-23-14-34(42,16-44-33(41)36-15-18-8-4-3-5-9-18)13-21-25(23)31(40)27-26(30(21)39)28(37)19-10-6-7-11-20(19)29(27)38/h3-11,17,22-24,32,39-40,42H,12-16,35H2,1-2H3,(H,36,41)/t17-,22-,23-,24-,32+,34-/m0/s1. The minimum Gasteiger partial charge on any atom is -0.507 e. The van der Waals surface area contributed by atoms with Crippen LogP contribution in [0, 0.1) is 0 Å². The largest absolute Gasteiger partial charge is 0.507 e. The van der Waals surface area contributed by atoms with E-state index in [0.29, 0.717) is 0 Å². The van der Waals surface area contributed by atoms with Gasteiger partial charge in [-0.3, -0.25) is 9.59 Å². The Morgan fingerprint density at radius 1 is 1.02 bits per heavy atom. The Morgan fingerprint density at radius 3 is 2.28 bits per heavy atom. The van der Waals surface area contributed by atoms with Gasteiger partial charge in [0.1, 0.15) is 23.7 Å². The van der Waals surface area contributed by atoms with Crippen molar-refractivity contribution in [2.45, 2.75) is 69.0 Å². The van der Waals surface area contributed by atoms with Crippen LogP contribution in [-0.4, -0.2) is 76.8 Å². The number of benzene rings is 3. The second-order valence-electron chi connectivity index (χ2n) is 12.1. The molecule has 1 saturated heterocycles. The Morgan fingerprint density at radius 2 is 1.65 bits per heavy atom. The van der Waals surface area contributed by atoms with Crippen LogP contribution in [0.4, 0.5) is 4.79 Å². The van der Waals surface area contributed by atoms with Gasteiger partial charge < -0.3 is 45.3 Å². The van der Waals surface area contributed by atoms with Gasteiger partial charge in [0, 0.05) is 61.2 Å². The summed E-state index contributed by atoms with van der Waals surface area (Å²) in [4.78, 5) is 39.8. The number of nitrogens with one attached hydrogen (secondary N) is 1. The number of phenolic OH excluding ortho intramolecular Hbond substituents is 2. The predicted octanol–water partition coefficient (Wildman–Crippen LogP) is 3.01. The van der Waals surface area contributed by atoms with Crippen LogP contribution in [0.3, 0.4) is 0 Å². The maximum Gasteiger partial charge on any atom is 0.407 e. The normalized spacial score (nSPS) is 26.9. The first kappa shape index (κ1) is 31.6. The number of hydrogen-bond donors (Lipinski definition) is 5. The number of fused-ring (bicyclic) bond motifs is 3. The summed E-state index contributed by atoms with van der Waals surface area (Å²) in [5.41, 5.74) is 4.86. The maximum atomic E-state index is 13.6. The van der Waals surface area contributed by atoms with E-state index < -0.39 is 72.0 Å². The Labute approximate surface area is 265 Å². The van der Waals surface area contributed by atoms with Crippen LogP contribution in [0.1, 0.15) is 74.4 Å². The molecule has 12 nitrogen and oxygen atoms in total. The van der Waals surface area contributed by atoms with Gasteiger partial charge in [-0.1, -0.05) is 54.6 Å². The monoisotopic (exact) mass is 632 g/mol. The Balaban J connectivity index is 1.34. The van der Waals surface area contributed by atoms with Crippen molar-refractivity contribution in [3.8, 4) is 11.5 Å². The van der Waals surface area contributed by atoms with E-state index in [0.717, 1.165) is 5.56 Å². The predicted molar refractivity (Wildman–Crippen MR) is 163 cm³/mol. The SMILES string of the molecule is CO[C@@H]1[C@H](C)O[C@@H](O[C@H]2C[C@](O)(COC(=O)NCc3ccccc3)Cc3c(O)c4c(c(O)c32)C(=O)c2ccccc2C4=O)C[C@@H]1N. The molecule has 1 fully saturated rings. The lowest BCUT2D eigenvalue weighted by molar-refractivity contribution is -0.251. The molecule has 6 atom stereocenters. The van der Waals surface area contributed by atoms with Crippen LogP contribution in [0.25, 0.3) is 0 Å². The summed E-state index contributed by atoms with van der Waals surface area (Å²) in [6.45, 7) is 1.47. The number of nitrogens with two attached hydrogens (primary N) is 1. The first-order valence-electron chi connectivity index (χ1n) is 15.1. The zero-order valence-electron chi connectivity index (χ0n) is 25.4. The number of carbonyl (C=O) groups excluding carboxylic acids is 3. The van der Waals surface area contributed by atoms with Crippen molar-refractivity contribution in [3.63, 3.8) is 0 Å². The summed E-state index contributed by atoms with van der Waals surface area (Å²) in [5.74, 6) is -2.38. The zero-order chi connectivity index (χ0) is 32.7. The highest BCUT2D eigenvalue weighted by molar-refractivity contribution is 6.30. The second kappa shape index (κ2) is 12.5. The molecule has 0 bridgehead atoms. The minimum atomic E-state index is -1.81. The summed E-state index contributed by atoms with van der Waals surface area (Å²) in [6, 6.07) is 14.9. The number of hydrogen-bond acceptors (Lipinski definition) is 11. The molecule has 6 rings (SSSR count). The number of rotatable bonds is 7. The highest BCUT2D eigenvalue weighted by Gasteiger charge is 2.48. The smallest absolute Gasteiger partial charge is 0.407 e. The molecule has 0 radical (unpaired) electrons. The van der Waals surface area contributed by atoms with E-state index in [1.165, 1.54) is 19.2 Å². The van der Waals surface area contributed by atoms with Crippen molar-refractivity contribution in [2.24, 2.45) is 5.73 Å². The van der Waals surface area contributed by atoms with Crippen molar-refractivity contribution < 1.29 is 48.7 Å². The summed E-state index contributed by atoms with van der Waals surface area (Å²) >= 11 is 0. The quantitative estimate of drug-likeness (QED) is 0.189. The Hall–Kier alpha value is -4.33. The molecular weight excluding hydrogens is 596 g/mol.